The van der Waals surface area contributed by atoms with Gasteiger partial charge in [0.2, 0.25) is 0 Å². The molecule has 0 saturated carbocycles. The molecular formula is C10H16N2O. The third-order valence-electron chi connectivity index (χ3n) is 1.39. The van der Waals surface area contributed by atoms with Crippen LogP contribution in [0.2, 0.25) is 0 Å². The zero-order valence-corrected chi connectivity index (χ0v) is 8.29. The van der Waals surface area contributed by atoms with Gasteiger partial charge in [0.1, 0.15) is 0 Å². The molecule has 0 radical (unpaired) electrons. The molecule has 1 rings (SSSR count). The summed E-state index contributed by atoms with van der Waals surface area (Å²) in [5, 5.41) is 4.73. The second-order valence-electron chi connectivity index (χ2n) is 2.48. The summed E-state index contributed by atoms with van der Waals surface area (Å²) in [6.07, 6.45) is 0. The minimum absolute atomic E-state index is 0.157. The highest BCUT2D eigenvalue weighted by atomic mass is 16.2. The fourth-order valence-corrected chi connectivity index (χ4v) is 0.659. The van der Waals surface area contributed by atoms with Crippen molar-refractivity contribution in [1.82, 2.24) is 10.6 Å². The van der Waals surface area contributed by atoms with Crippen LogP contribution >= 0.6 is 0 Å². The van der Waals surface area contributed by atoms with Gasteiger partial charge in [0.15, 0.2) is 0 Å². The summed E-state index contributed by atoms with van der Waals surface area (Å²) in [7, 11) is 3.14. The molecule has 1 aromatic rings. The Kier molecular flexibility index (Phi) is 6.32. The minimum Gasteiger partial charge on any atom is -0.341 e. The second-order valence-corrected chi connectivity index (χ2v) is 2.48. The van der Waals surface area contributed by atoms with Gasteiger partial charge in [-0.3, -0.25) is 0 Å². The zero-order chi connectivity index (χ0) is 10.1. The molecule has 3 heteroatoms. The Bertz CT molecular complexity index is 228. The largest absolute Gasteiger partial charge is 0.341 e. The number of hydrogen-bond donors (Lipinski definition) is 2. The predicted octanol–water partition coefficient (Wildman–Crippen LogP) is 1.54. The highest BCUT2D eigenvalue weighted by Crippen LogP contribution is 1.92. The van der Waals surface area contributed by atoms with Crippen molar-refractivity contribution < 1.29 is 4.79 Å². The number of carbonyl (C=O) groups excluding carboxylic acids is 1. The normalized spacial score (nSPS) is 7.92. The molecule has 0 aliphatic heterocycles. The summed E-state index contributed by atoms with van der Waals surface area (Å²) >= 11 is 0. The number of amides is 2. The van der Waals surface area contributed by atoms with E-state index in [0.29, 0.717) is 0 Å². The Hall–Kier alpha value is -1.51. The van der Waals surface area contributed by atoms with Crippen LogP contribution in [-0.4, -0.2) is 20.1 Å². The Morgan fingerprint density at radius 2 is 1.54 bits per heavy atom. The van der Waals surface area contributed by atoms with E-state index in [1.165, 1.54) is 5.56 Å². The standard InChI is InChI=1S/C7H8.C3H8N2O/c1-7-5-3-2-4-6-7;1-4-3(6)5-2/h2-6H,1H3;1-2H3,(H2,4,5,6). The molecule has 0 aliphatic carbocycles. The van der Waals surface area contributed by atoms with Crippen LogP contribution in [0, 0.1) is 6.92 Å². The molecule has 2 N–H and O–H groups in total. The van der Waals surface area contributed by atoms with Crippen LogP contribution in [0.1, 0.15) is 5.56 Å². The first-order valence-corrected chi connectivity index (χ1v) is 4.11. The highest BCUT2D eigenvalue weighted by molar-refractivity contribution is 5.72. The number of hydrogen-bond acceptors (Lipinski definition) is 1. The number of urea groups is 1. The number of carbonyl (C=O) groups is 1. The molecule has 1 aromatic carbocycles. The average molecular weight is 180 g/mol. The van der Waals surface area contributed by atoms with E-state index in [0.717, 1.165) is 0 Å². The maximum Gasteiger partial charge on any atom is 0.314 e. The minimum atomic E-state index is -0.157. The van der Waals surface area contributed by atoms with Crippen molar-refractivity contribution in [2.45, 2.75) is 6.92 Å². The van der Waals surface area contributed by atoms with E-state index in [1.54, 1.807) is 14.1 Å². The molecule has 13 heavy (non-hydrogen) atoms. The van der Waals surface area contributed by atoms with Crippen LogP contribution in [0.5, 0.6) is 0 Å². The fraction of sp³-hybridized carbons (Fsp3) is 0.300. The van der Waals surface area contributed by atoms with Crippen LogP contribution in [0.15, 0.2) is 30.3 Å². The molecule has 0 fully saturated rings. The number of rotatable bonds is 0. The molecule has 0 atom stereocenters. The van der Waals surface area contributed by atoms with Crippen LogP contribution in [0.4, 0.5) is 4.79 Å². The molecule has 0 heterocycles. The quantitative estimate of drug-likeness (QED) is 0.624. The molecule has 0 unspecified atom stereocenters. The maximum atomic E-state index is 9.96. The SMILES string of the molecule is CNC(=O)NC.Cc1ccccc1. The molecule has 0 aliphatic rings. The monoisotopic (exact) mass is 180 g/mol. The number of nitrogens with one attached hydrogen (secondary N) is 2. The molecule has 72 valence electrons. The summed E-state index contributed by atoms with van der Waals surface area (Å²) in [4.78, 5) is 9.96. The van der Waals surface area contributed by atoms with Gasteiger partial charge in [0, 0.05) is 14.1 Å². The first kappa shape index (κ1) is 11.5. The molecular weight excluding hydrogens is 164 g/mol. The Morgan fingerprint density at radius 3 is 1.69 bits per heavy atom. The Morgan fingerprint density at radius 1 is 1.08 bits per heavy atom. The Balaban J connectivity index is 0.000000226. The lowest BCUT2D eigenvalue weighted by atomic mass is 10.2. The van der Waals surface area contributed by atoms with Gasteiger partial charge in [-0.25, -0.2) is 4.79 Å². The summed E-state index contributed by atoms with van der Waals surface area (Å²) in [5.41, 5.74) is 1.32. The molecule has 0 spiro atoms. The zero-order valence-electron chi connectivity index (χ0n) is 8.29. The van der Waals surface area contributed by atoms with E-state index in [1.807, 2.05) is 18.2 Å². The van der Waals surface area contributed by atoms with Gasteiger partial charge in [0.05, 0.1) is 0 Å². The fourth-order valence-electron chi connectivity index (χ4n) is 0.659. The maximum absolute atomic E-state index is 9.96. The van der Waals surface area contributed by atoms with Gasteiger partial charge >= 0.3 is 6.03 Å². The lowest BCUT2D eigenvalue weighted by Crippen LogP contribution is -2.28. The number of benzene rings is 1. The average Bonchev–Trinajstić information content (AvgIpc) is 2.19. The van der Waals surface area contributed by atoms with E-state index in [-0.39, 0.29) is 6.03 Å². The first-order valence-electron chi connectivity index (χ1n) is 4.11. The van der Waals surface area contributed by atoms with Gasteiger partial charge in [-0.15, -0.1) is 0 Å². The summed E-state index contributed by atoms with van der Waals surface area (Å²) in [6.45, 7) is 2.08. The third kappa shape index (κ3) is 6.87. The van der Waals surface area contributed by atoms with Crippen LogP contribution in [0.25, 0.3) is 0 Å². The van der Waals surface area contributed by atoms with Crippen molar-refractivity contribution in [3.05, 3.63) is 35.9 Å². The molecule has 3 nitrogen and oxygen atoms in total. The van der Waals surface area contributed by atoms with Crippen LogP contribution < -0.4 is 10.6 Å². The Labute approximate surface area is 79.2 Å². The first-order chi connectivity index (χ1) is 6.20. The lowest BCUT2D eigenvalue weighted by Gasteiger charge is -1.91. The summed E-state index contributed by atoms with van der Waals surface area (Å²) in [5.74, 6) is 0. The summed E-state index contributed by atoms with van der Waals surface area (Å²) in [6, 6.07) is 10.1. The van der Waals surface area contributed by atoms with Crippen molar-refractivity contribution in [3.8, 4) is 0 Å². The van der Waals surface area contributed by atoms with Gasteiger partial charge in [-0.1, -0.05) is 35.9 Å². The van der Waals surface area contributed by atoms with Gasteiger partial charge < -0.3 is 10.6 Å². The van der Waals surface area contributed by atoms with E-state index in [4.69, 9.17) is 0 Å². The van der Waals surface area contributed by atoms with Gasteiger partial charge in [-0.2, -0.15) is 0 Å². The van der Waals surface area contributed by atoms with E-state index in [9.17, 15) is 4.79 Å². The number of aryl methyl sites for hydroxylation is 1. The summed E-state index contributed by atoms with van der Waals surface area (Å²) < 4.78 is 0. The predicted molar refractivity (Wildman–Crippen MR) is 54.7 cm³/mol. The highest BCUT2D eigenvalue weighted by Gasteiger charge is 1.81. The van der Waals surface area contributed by atoms with E-state index >= 15 is 0 Å². The second kappa shape index (κ2) is 7.16. The van der Waals surface area contributed by atoms with Gasteiger partial charge in [0.25, 0.3) is 0 Å². The van der Waals surface area contributed by atoms with E-state index in [2.05, 4.69) is 29.7 Å². The molecule has 2 amide bonds. The topological polar surface area (TPSA) is 41.1 Å². The van der Waals surface area contributed by atoms with Crippen LogP contribution in [-0.2, 0) is 0 Å². The van der Waals surface area contributed by atoms with Crippen molar-refractivity contribution in [1.29, 1.82) is 0 Å². The van der Waals surface area contributed by atoms with Crippen molar-refractivity contribution in [3.63, 3.8) is 0 Å². The van der Waals surface area contributed by atoms with Gasteiger partial charge in [-0.05, 0) is 6.92 Å². The van der Waals surface area contributed by atoms with Crippen molar-refractivity contribution in [2.75, 3.05) is 14.1 Å². The van der Waals surface area contributed by atoms with Crippen molar-refractivity contribution >= 4 is 6.03 Å². The smallest absolute Gasteiger partial charge is 0.314 e. The van der Waals surface area contributed by atoms with E-state index < -0.39 is 0 Å². The molecule has 0 saturated heterocycles. The molecule has 0 bridgehead atoms. The molecule has 0 aromatic heterocycles. The van der Waals surface area contributed by atoms with Crippen LogP contribution in [0.3, 0.4) is 0 Å². The third-order valence-corrected chi connectivity index (χ3v) is 1.39. The van der Waals surface area contributed by atoms with Crippen molar-refractivity contribution in [2.24, 2.45) is 0 Å². The lowest BCUT2D eigenvalue weighted by molar-refractivity contribution is 0.245.